The minimum absolute atomic E-state index is 0.0232. The van der Waals surface area contributed by atoms with Crippen molar-refractivity contribution < 1.29 is 33.8 Å². The van der Waals surface area contributed by atoms with Gasteiger partial charge in [0.05, 0.1) is 17.9 Å². The van der Waals surface area contributed by atoms with Gasteiger partial charge in [0.15, 0.2) is 11.8 Å². The highest BCUT2D eigenvalue weighted by Crippen LogP contribution is 2.27. The normalized spacial score (nSPS) is 11.1. The van der Waals surface area contributed by atoms with E-state index in [4.69, 9.17) is 14.7 Å². The van der Waals surface area contributed by atoms with Gasteiger partial charge in [-0.1, -0.05) is 59.7 Å². The predicted octanol–water partition coefficient (Wildman–Crippen LogP) is 4.11. The summed E-state index contributed by atoms with van der Waals surface area (Å²) in [6.45, 7) is 5.89. The number of aryl methyl sites for hydroxylation is 2. The summed E-state index contributed by atoms with van der Waals surface area (Å²) in [6.07, 6.45) is 0.294. The number of carboxylic acid groups (broad SMARTS) is 1. The van der Waals surface area contributed by atoms with Crippen LogP contribution >= 0.6 is 0 Å². The van der Waals surface area contributed by atoms with Gasteiger partial charge in [0.1, 0.15) is 30.8 Å². The number of aliphatic carboxylic acids is 1. The van der Waals surface area contributed by atoms with Crippen LogP contribution in [0.1, 0.15) is 48.6 Å². The number of ether oxygens (including phenoxy) is 2. The first-order valence-corrected chi connectivity index (χ1v) is 15.0. The maximum atomic E-state index is 13.2. The zero-order valence-electron chi connectivity index (χ0n) is 27.0. The Hall–Kier alpha value is -6.04. The molecule has 2 heterocycles. The minimum atomic E-state index is -1.24. The number of carbonyl (C=O) groups excluding carboxylic acids is 3. The zero-order valence-corrected chi connectivity index (χ0v) is 27.0. The first kappa shape index (κ1) is 34.8. The lowest BCUT2D eigenvalue weighted by atomic mass is 9.99. The van der Waals surface area contributed by atoms with E-state index in [1.54, 1.807) is 13.8 Å². The number of aromatic nitrogens is 4. The molecule has 250 valence electrons. The van der Waals surface area contributed by atoms with E-state index in [1.165, 1.54) is 17.2 Å². The molecule has 3 amide bonds. The molecule has 0 aliphatic rings. The molecule has 15 heteroatoms. The third kappa shape index (κ3) is 9.73. The SMILES string of the molecule is Cc1ccc(C(OC(=O)NCCN(CC(=O)O)C(=O)Cn2cc3c(NC(=O)OC(C)(C)CC#N)ncnc3n2)c2ccc(C)cc2)cc1. The average molecular weight is 657 g/mol. The number of alkyl carbamates (subject to hydrolysis) is 1. The number of carbonyl (C=O) groups is 4. The summed E-state index contributed by atoms with van der Waals surface area (Å²) in [7, 11) is 0. The fourth-order valence-electron chi connectivity index (χ4n) is 4.61. The van der Waals surface area contributed by atoms with Gasteiger partial charge < -0.3 is 24.8 Å². The van der Waals surface area contributed by atoms with Crippen LogP contribution in [0, 0.1) is 25.2 Å². The lowest BCUT2D eigenvalue weighted by Gasteiger charge is -2.22. The van der Waals surface area contributed by atoms with Crippen LogP contribution in [-0.2, 0) is 25.6 Å². The summed E-state index contributed by atoms with van der Waals surface area (Å²) in [5.41, 5.74) is 2.78. The first-order chi connectivity index (χ1) is 22.8. The minimum Gasteiger partial charge on any atom is -0.480 e. The molecule has 2 aromatic heterocycles. The van der Waals surface area contributed by atoms with E-state index in [-0.39, 0.29) is 37.5 Å². The second kappa shape index (κ2) is 15.5. The number of nitrogens with zero attached hydrogens (tertiary/aromatic N) is 6. The largest absolute Gasteiger partial charge is 0.480 e. The van der Waals surface area contributed by atoms with E-state index in [0.717, 1.165) is 27.2 Å². The van der Waals surface area contributed by atoms with Gasteiger partial charge in [0.2, 0.25) is 5.91 Å². The van der Waals surface area contributed by atoms with E-state index in [1.807, 2.05) is 68.4 Å². The molecular formula is C33H36N8O7. The number of hydrogen-bond donors (Lipinski definition) is 3. The van der Waals surface area contributed by atoms with Gasteiger partial charge in [-0.3, -0.25) is 19.6 Å². The summed E-state index contributed by atoms with van der Waals surface area (Å²) in [6, 6.07) is 17.2. The zero-order chi connectivity index (χ0) is 34.8. The highest BCUT2D eigenvalue weighted by molar-refractivity contribution is 5.95. The summed E-state index contributed by atoms with van der Waals surface area (Å²) in [5, 5.41) is 28.0. The highest BCUT2D eigenvalue weighted by Gasteiger charge is 2.25. The molecule has 2 aromatic carbocycles. The van der Waals surface area contributed by atoms with Crippen molar-refractivity contribution in [2.45, 2.75) is 52.4 Å². The number of nitrogens with one attached hydrogen (secondary N) is 2. The van der Waals surface area contributed by atoms with Gasteiger partial charge in [-0.15, -0.1) is 0 Å². The van der Waals surface area contributed by atoms with Gasteiger partial charge in [0.25, 0.3) is 0 Å². The Morgan fingerprint density at radius 3 is 2.21 bits per heavy atom. The van der Waals surface area contributed by atoms with Crippen LogP contribution in [0.15, 0.2) is 61.1 Å². The van der Waals surface area contributed by atoms with Gasteiger partial charge in [0, 0.05) is 19.3 Å². The van der Waals surface area contributed by atoms with Crippen molar-refractivity contribution in [3.8, 4) is 6.07 Å². The molecule has 15 nitrogen and oxygen atoms in total. The monoisotopic (exact) mass is 656 g/mol. The third-order valence-corrected chi connectivity index (χ3v) is 7.07. The molecule has 48 heavy (non-hydrogen) atoms. The lowest BCUT2D eigenvalue weighted by molar-refractivity contribution is -0.144. The molecule has 0 atom stereocenters. The Bertz CT molecular complexity index is 1770. The van der Waals surface area contributed by atoms with Crippen LogP contribution in [0.25, 0.3) is 11.0 Å². The molecule has 0 saturated carbocycles. The fourth-order valence-corrected chi connectivity index (χ4v) is 4.61. The van der Waals surface area contributed by atoms with Crippen molar-refractivity contribution in [1.29, 1.82) is 5.26 Å². The predicted molar refractivity (Wildman–Crippen MR) is 173 cm³/mol. The van der Waals surface area contributed by atoms with Crippen molar-refractivity contribution in [1.82, 2.24) is 30.0 Å². The second-order valence-corrected chi connectivity index (χ2v) is 11.6. The Balaban J connectivity index is 1.39. The van der Waals surface area contributed by atoms with Gasteiger partial charge in [-0.25, -0.2) is 19.6 Å². The Morgan fingerprint density at radius 2 is 1.62 bits per heavy atom. The maximum Gasteiger partial charge on any atom is 0.413 e. The molecule has 0 fully saturated rings. The number of anilines is 1. The number of nitriles is 1. The average Bonchev–Trinajstić information content (AvgIpc) is 3.43. The molecule has 4 rings (SSSR count). The van der Waals surface area contributed by atoms with Crippen molar-refractivity contribution in [2.75, 3.05) is 25.0 Å². The first-order valence-electron chi connectivity index (χ1n) is 15.0. The van der Waals surface area contributed by atoms with Gasteiger partial charge >= 0.3 is 18.2 Å². The third-order valence-electron chi connectivity index (χ3n) is 7.07. The number of fused-ring (bicyclic) bond motifs is 1. The Labute approximate surface area is 276 Å². The van der Waals surface area contributed by atoms with Crippen LogP contribution in [0.4, 0.5) is 15.4 Å². The second-order valence-electron chi connectivity index (χ2n) is 11.6. The van der Waals surface area contributed by atoms with E-state index in [9.17, 15) is 24.3 Å². The van der Waals surface area contributed by atoms with Crippen LogP contribution in [0.5, 0.6) is 0 Å². The summed E-state index contributed by atoms with van der Waals surface area (Å²) >= 11 is 0. The topological polar surface area (TPSA) is 202 Å². The number of carboxylic acids is 1. The number of amides is 3. The molecule has 0 aliphatic heterocycles. The summed E-state index contributed by atoms with van der Waals surface area (Å²) in [5.74, 6) is -1.78. The van der Waals surface area contributed by atoms with Crippen molar-refractivity contribution in [3.63, 3.8) is 0 Å². The van der Waals surface area contributed by atoms with Gasteiger partial charge in [-0.05, 0) is 38.8 Å². The standard InChI is InChI=1S/C33H36N8O7/c1-21-5-9-23(10-6-21)28(24-11-7-22(2)8-12-24)47-31(45)35-15-16-40(19-27(43)44)26(42)18-41-17-25-29(36-20-37-30(25)39-41)38-32(46)48-33(3,4)13-14-34/h5-12,17,20,28H,13,15-16,18-19H2,1-4H3,(H,35,45)(H,43,44)(H,36,37,38,39,46). The fraction of sp³-hybridized carbons (Fsp3) is 0.333. The quantitative estimate of drug-likeness (QED) is 0.187. The molecule has 3 N–H and O–H groups in total. The number of hydrogen-bond acceptors (Lipinski definition) is 10. The van der Waals surface area contributed by atoms with Crippen LogP contribution in [0.3, 0.4) is 0 Å². The highest BCUT2D eigenvalue weighted by atomic mass is 16.6. The summed E-state index contributed by atoms with van der Waals surface area (Å²) < 4.78 is 12.3. The smallest absolute Gasteiger partial charge is 0.413 e. The van der Waals surface area contributed by atoms with E-state index < -0.39 is 42.3 Å². The van der Waals surface area contributed by atoms with E-state index in [0.29, 0.717) is 5.39 Å². The molecule has 0 radical (unpaired) electrons. The molecule has 0 unspecified atom stereocenters. The van der Waals surface area contributed by atoms with E-state index in [2.05, 4.69) is 25.7 Å². The lowest BCUT2D eigenvalue weighted by Crippen LogP contribution is -2.43. The maximum absolute atomic E-state index is 13.2. The molecule has 4 aromatic rings. The van der Waals surface area contributed by atoms with Crippen molar-refractivity contribution in [3.05, 3.63) is 83.3 Å². The van der Waals surface area contributed by atoms with Crippen LogP contribution in [0.2, 0.25) is 0 Å². The molecule has 0 bridgehead atoms. The summed E-state index contributed by atoms with van der Waals surface area (Å²) in [4.78, 5) is 59.2. The van der Waals surface area contributed by atoms with Gasteiger partial charge in [-0.2, -0.15) is 10.4 Å². The number of rotatable bonds is 13. The molecular weight excluding hydrogens is 620 g/mol. The van der Waals surface area contributed by atoms with Crippen LogP contribution < -0.4 is 10.6 Å². The van der Waals surface area contributed by atoms with Crippen LogP contribution in [-0.4, -0.2) is 79.1 Å². The van der Waals surface area contributed by atoms with Crippen molar-refractivity contribution >= 4 is 40.9 Å². The van der Waals surface area contributed by atoms with E-state index >= 15 is 0 Å². The Kier molecular flexibility index (Phi) is 11.2. The molecule has 0 spiro atoms. The molecule has 0 saturated heterocycles. The number of benzene rings is 2. The van der Waals surface area contributed by atoms with Crippen molar-refractivity contribution in [2.24, 2.45) is 0 Å². The molecule has 0 aliphatic carbocycles. The Morgan fingerprint density at radius 1 is 1.00 bits per heavy atom.